The van der Waals surface area contributed by atoms with Gasteiger partial charge in [-0.1, -0.05) is 11.6 Å². The van der Waals surface area contributed by atoms with Crippen molar-refractivity contribution >= 4 is 27.5 Å². The number of benzene rings is 1. The molecule has 1 nitrogen and oxygen atoms in total. The molecular weight excluding hydrogens is 246 g/mol. The summed E-state index contributed by atoms with van der Waals surface area (Å²) in [6.07, 6.45) is 0. The van der Waals surface area contributed by atoms with Gasteiger partial charge >= 0.3 is 0 Å². The van der Waals surface area contributed by atoms with Crippen LogP contribution < -0.4 is 4.74 Å². The number of hydrogen-bond donors (Lipinski definition) is 0. The molecule has 0 atom stereocenters. The van der Waals surface area contributed by atoms with Crippen LogP contribution in [0.25, 0.3) is 0 Å². The van der Waals surface area contributed by atoms with Gasteiger partial charge in [0.1, 0.15) is 11.6 Å². The van der Waals surface area contributed by atoms with Crippen LogP contribution in [0.2, 0.25) is 5.02 Å². The Kier molecular flexibility index (Phi) is 3.35. The Labute approximate surface area is 83.6 Å². The molecule has 0 unspecified atom stereocenters. The number of ether oxygens (including phenoxy) is 1. The van der Waals surface area contributed by atoms with Gasteiger partial charge in [0.2, 0.25) is 0 Å². The molecule has 0 aromatic heterocycles. The van der Waals surface area contributed by atoms with E-state index < -0.39 is 0 Å². The lowest BCUT2D eigenvalue weighted by Gasteiger charge is -2.06. The molecule has 0 spiro atoms. The van der Waals surface area contributed by atoms with Crippen LogP contribution in [-0.4, -0.2) is 6.61 Å². The fourth-order valence-electron chi connectivity index (χ4n) is 0.793. The summed E-state index contributed by atoms with van der Waals surface area (Å²) in [4.78, 5) is 0. The van der Waals surface area contributed by atoms with Gasteiger partial charge in [0, 0.05) is 10.5 Å². The maximum atomic E-state index is 12.8. The highest BCUT2D eigenvalue weighted by Crippen LogP contribution is 2.33. The predicted octanol–water partition coefficient (Wildman–Crippen LogP) is 3.64. The molecule has 0 bridgehead atoms. The van der Waals surface area contributed by atoms with Gasteiger partial charge in [0.25, 0.3) is 0 Å². The smallest absolute Gasteiger partial charge is 0.141 e. The van der Waals surface area contributed by atoms with Crippen LogP contribution in [0, 0.1) is 5.82 Å². The summed E-state index contributed by atoms with van der Waals surface area (Å²) in [6.45, 7) is 2.28. The molecule has 0 aliphatic rings. The topological polar surface area (TPSA) is 9.23 Å². The molecule has 0 radical (unpaired) electrons. The van der Waals surface area contributed by atoms with E-state index in [4.69, 9.17) is 16.3 Å². The first-order valence-corrected chi connectivity index (χ1v) is 4.59. The number of halogens is 3. The fraction of sp³-hybridized carbons (Fsp3) is 0.250. The van der Waals surface area contributed by atoms with Gasteiger partial charge in [-0.3, -0.25) is 0 Å². The van der Waals surface area contributed by atoms with Gasteiger partial charge in [-0.15, -0.1) is 0 Å². The zero-order valence-corrected chi connectivity index (χ0v) is 8.75. The summed E-state index contributed by atoms with van der Waals surface area (Å²) < 4.78 is 18.4. The average Bonchev–Trinajstić information content (AvgIpc) is 2.00. The largest absolute Gasteiger partial charge is 0.492 e. The van der Waals surface area contributed by atoms with Crippen molar-refractivity contribution in [2.45, 2.75) is 6.92 Å². The molecule has 4 heteroatoms. The van der Waals surface area contributed by atoms with E-state index in [9.17, 15) is 4.39 Å². The first kappa shape index (κ1) is 9.81. The lowest BCUT2D eigenvalue weighted by molar-refractivity contribution is 0.338. The molecular formula is C8H7BrClFO. The lowest BCUT2D eigenvalue weighted by Crippen LogP contribution is -1.93. The van der Waals surface area contributed by atoms with Crippen molar-refractivity contribution in [2.75, 3.05) is 6.61 Å². The van der Waals surface area contributed by atoms with Crippen molar-refractivity contribution in [3.05, 3.63) is 27.4 Å². The standard InChI is InChI=1S/C8H7BrClFO/c1-2-12-7-4-5(11)3-6(9)8(7)10/h3-4H,2H2,1H3. The Bertz CT molecular complexity index is 291. The van der Waals surface area contributed by atoms with Crippen LogP contribution >= 0.6 is 27.5 Å². The van der Waals surface area contributed by atoms with Crippen LogP contribution in [0.15, 0.2) is 16.6 Å². The van der Waals surface area contributed by atoms with Crippen molar-refractivity contribution in [3.8, 4) is 5.75 Å². The van der Waals surface area contributed by atoms with E-state index in [0.29, 0.717) is 21.9 Å². The fourth-order valence-corrected chi connectivity index (χ4v) is 1.37. The van der Waals surface area contributed by atoms with Gasteiger partial charge in [-0.25, -0.2) is 4.39 Å². The molecule has 0 N–H and O–H groups in total. The Morgan fingerprint density at radius 1 is 1.58 bits per heavy atom. The quantitative estimate of drug-likeness (QED) is 0.731. The molecule has 1 rings (SSSR count). The van der Waals surface area contributed by atoms with Crippen LogP contribution in [0.5, 0.6) is 5.75 Å². The van der Waals surface area contributed by atoms with E-state index in [1.54, 1.807) is 0 Å². The van der Waals surface area contributed by atoms with E-state index in [1.165, 1.54) is 12.1 Å². The summed E-state index contributed by atoms with van der Waals surface area (Å²) >= 11 is 8.92. The van der Waals surface area contributed by atoms with Gasteiger partial charge in [0.15, 0.2) is 0 Å². The van der Waals surface area contributed by atoms with Gasteiger partial charge in [-0.05, 0) is 28.9 Å². The third kappa shape index (κ3) is 2.11. The van der Waals surface area contributed by atoms with Gasteiger partial charge in [0.05, 0.1) is 11.6 Å². The van der Waals surface area contributed by atoms with E-state index in [2.05, 4.69) is 15.9 Å². The molecule has 1 aromatic carbocycles. The van der Waals surface area contributed by atoms with Crippen LogP contribution in [0.3, 0.4) is 0 Å². The Morgan fingerprint density at radius 3 is 2.83 bits per heavy atom. The molecule has 0 amide bonds. The van der Waals surface area contributed by atoms with Gasteiger partial charge in [-0.2, -0.15) is 0 Å². The van der Waals surface area contributed by atoms with Crippen LogP contribution in [0.1, 0.15) is 6.92 Å². The maximum absolute atomic E-state index is 12.8. The van der Waals surface area contributed by atoms with Crippen LogP contribution in [-0.2, 0) is 0 Å². The molecule has 0 saturated heterocycles. The van der Waals surface area contributed by atoms with Crippen molar-refractivity contribution in [3.63, 3.8) is 0 Å². The summed E-state index contributed by atoms with van der Waals surface area (Å²) in [7, 11) is 0. The molecule has 1 aromatic rings. The zero-order valence-electron chi connectivity index (χ0n) is 6.40. The maximum Gasteiger partial charge on any atom is 0.141 e. The van der Waals surface area contributed by atoms with Crippen molar-refractivity contribution in [2.24, 2.45) is 0 Å². The van der Waals surface area contributed by atoms with Gasteiger partial charge < -0.3 is 4.74 Å². The minimum Gasteiger partial charge on any atom is -0.492 e. The normalized spacial score (nSPS) is 10.0. The van der Waals surface area contributed by atoms with Crippen LogP contribution in [0.4, 0.5) is 4.39 Å². The monoisotopic (exact) mass is 252 g/mol. The van der Waals surface area contributed by atoms with Crippen molar-refractivity contribution in [1.82, 2.24) is 0 Å². The third-order valence-corrected chi connectivity index (χ3v) is 2.50. The van der Waals surface area contributed by atoms with Crippen molar-refractivity contribution < 1.29 is 9.13 Å². The SMILES string of the molecule is CCOc1cc(F)cc(Br)c1Cl. The molecule has 12 heavy (non-hydrogen) atoms. The summed E-state index contributed by atoms with van der Waals surface area (Å²) in [5.41, 5.74) is 0. The molecule has 0 heterocycles. The molecule has 0 aliphatic carbocycles. The van der Waals surface area contributed by atoms with E-state index in [1.807, 2.05) is 6.92 Å². The molecule has 66 valence electrons. The Hall–Kier alpha value is -0.280. The summed E-state index contributed by atoms with van der Waals surface area (Å²) in [5, 5.41) is 0.401. The second kappa shape index (κ2) is 4.10. The summed E-state index contributed by atoms with van der Waals surface area (Å²) in [6, 6.07) is 2.56. The lowest BCUT2D eigenvalue weighted by atomic mass is 10.3. The first-order chi connectivity index (χ1) is 5.65. The second-order valence-electron chi connectivity index (χ2n) is 2.13. The predicted molar refractivity (Wildman–Crippen MR) is 50.3 cm³/mol. The highest BCUT2D eigenvalue weighted by Gasteiger charge is 2.07. The minimum absolute atomic E-state index is 0.366. The first-order valence-electron chi connectivity index (χ1n) is 3.42. The highest BCUT2D eigenvalue weighted by atomic mass is 79.9. The molecule has 0 aliphatic heterocycles. The second-order valence-corrected chi connectivity index (χ2v) is 3.37. The summed E-state index contributed by atoms with van der Waals surface area (Å²) in [5.74, 6) is 0.000710. The average molecular weight is 253 g/mol. The number of rotatable bonds is 2. The Balaban J connectivity index is 3.09. The molecule has 0 saturated carbocycles. The van der Waals surface area contributed by atoms with E-state index >= 15 is 0 Å². The third-order valence-electron chi connectivity index (χ3n) is 1.26. The Morgan fingerprint density at radius 2 is 2.25 bits per heavy atom. The number of hydrogen-bond acceptors (Lipinski definition) is 1. The molecule has 0 fully saturated rings. The zero-order chi connectivity index (χ0) is 9.14. The highest BCUT2D eigenvalue weighted by molar-refractivity contribution is 9.10. The minimum atomic E-state index is -0.366. The van der Waals surface area contributed by atoms with E-state index in [0.717, 1.165) is 0 Å². The van der Waals surface area contributed by atoms with Crippen molar-refractivity contribution in [1.29, 1.82) is 0 Å². The van der Waals surface area contributed by atoms with E-state index in [-0.39, 0.29) is 5.82 Å².